The van der Waals surface area contributed by atoms with E-state index in [1.54, 1.807) is 22.6 Å². The normalized spacial score (nSPS) is 23.6. The molecule has 0 radical (unpaired) electrons. The van der Waals surface area contributed by atoms with E-state index in [1.165, 1.54) is 0 Å². The van der Waals surface area contributed by atoms with Gasteiger partial charge >= 0.3 is 0 Å². The summed E-state index contributed by atoms with van der Waals surface area (Å²) in [6.45, 7) is 7.30. The summed E-state index contributed by atoms with van der Waals surface area (Å²) in [6, 6.07) is 11.4. The van der Waals surface area contributed by atoms with E-state index in [-0.39, 0.29) is 5.41 Å². The van der Waals surface area contributed by atoms with Gasteiger partial charge in [-0.05, 0) is 48.6 Å². The topological polar surface area (TPSA) is 53.5 Å². The number of aromatic nitrogens is 1. The number of pyridine rings is 1. The van der Waals surface area contributed by atoms with Crippen LogP contribution in [0.4, 0.5) is 5.69 Å². The maximum absolute atomic E-state index is 13.1. The molecule has 1 aromatic carbocycles. The number of nitrogens with zero attached hydrogens (tertiary/aromatic N) is 3. The van der Waals surface area contributed by atoms with Crippen molar-refractivity contribution in [3.63, 3.8) is 0 Å². The lowest BCUT2D eigenvalue weighted by atomic mass is 9.86. The molecule has 1 atom stereocenters. The molecule has 1 aromatic heterocycles. The molecule has 0 saturated carbocycles. The largest absolute Gasteiger partial charge is 0.370 e. The first-order valence-corrected chi connectivity index (χ1v) is 11.1. The molecule has 1 unspecified atom stereocenters. The maximum Gasteiger partial charge on any atom is 0.243 e. The zero-order chi connectivity index (χ0) is 19.1. The van der Waals surface area contributed by atoms with Gasteiger partial charge in [0.2, 0.25) is 10.0 Å². The lowest BCUT2D eigenvalue weighted by molar-refractivity contribution is 0.341. The van der Waals surface area contributed by atoms with Crippen LogP contribution in [0.1, 0.15) is 38.2 Å². The van der Waals surface area contributed by atoms with Gasteiger partial charge in [-0.2, -0.15) is 4.31 Å². The number of hydrogen-bond donors (Lipinski definition) is 0. The van der Waals surface area contributed by atoms with Crippen LogP contribution in [0.2, 0.25) is 0 Å². The van der Waals surface area contributed by atoms with E-state index in [1.807, 2.05) is 24.4 Å². The van der Waals surface area contributed by atoms with E-state index in [2.05, 4.69) is 29.8 Å². The highest BCUT2D eigenvalue weighted by Crippen LogP contribution is 2.42. The summed E-state index contributed by atoms with van der Waals surface area (Å²) >= 11 is 0. The quantitative estimate of drug-likeness (QED) is 0.808. The molecular formula is C21H27N3O2S. The van der Waals surface area contributed by atoms with Gasteiger partial charge in [0.05, 0.1) is 16.8 Å². The lowest BCUT2D eigenvalue weighted by Gasteiger charge is -2.25. The minimum absolute atomic E-state index is 0.0563. The molecule has 2 aliphatic rings. The summed E-state index contributed by atoms with van der Waals surface area (Å²) in [4.78, 5) is 6.95. The Labute approximate surface area is 162 Å². The van der Waals surface area contributed by atoms with Gasteiger partial charge < -0.3 is 4.90 Å². The molecule has 0 aliphatic carbocycles. The average Bonchev–Trinajstić information content (AvgIpc) is 3.30. The van der Waals surface area contributed by atoms with Crippen molar-refractivity contribution >= 4 is 15.7 Å². The molecule has 0 bridgehead atoms. The first-order valence-electron chi connectivity index (χ1n) is 9.65. The second-order valence-electron chi connectivity index (χ2n) is 8.20. The SMILES string of the molecule is CC(C)c1ccc(S(=O)(=O)N2CCC3(CCN(c4cccnc4)C3)C2)cc1. The summed E-state index contributed by atoms with van der Waals surface area (Å²) in [5, 5.41) is 0. The van der Waals surface area contributed by atoms with Crippen LogP contribution in [0.3, 0.4) is 0 Å². The van der Waals surface area contributed by atoms with Gasteiger partial charge in [-0.15, -0.1) is 0 Å². The summed E-state index contributed by atoms with van der Waals surface area (Å²) in [6.07, 6.45) is 5.62. The standard InChI is InChI=1S/C21H27N3O2S/c1-17(2)18-5-7-20(8-6-18)27(25,26)24-13-10-21(16-24)9-12-23(15-21)19-4-3-11-22-14-19/h3-8,11,14,17H,9-10,12-13,15-16H2,1-2H3. The molecule has 3 heterocycles. The molecule has 1 spiro atoms. The van der Waals surface area contributed by atoms with Gasteiger partial charge in [0, 0.05) is 37.8 Å². The van der Waals surface area contributed by atoms with E-state index in [4.69, 9.17) is 0 Å². The molecule has 2 saturated heterocycles. The Morgan fingerprint density at radius 3 is 2.44 bits per heavy atom. The molecule has 2 fully saturated rings. The highest BCUT2D eigenvalue weighted by Gasteiger charge is 2.46. The minimum Gasteiger partial charge on any atom is -0.370 e. The van der Waals surface area contributed by atoms with E-state index >= 15 is 0 Å². The number of sulfonamides is 1. The Balaban J connectivity index is 1.49. The third-order valence-corrected chi connectivity index (χ3v) is 7.90. The van der Waals surface area contributed by atoms with Gasteiger partial charge in [0.15, 0.2) is 0 Å². The van der Waals surface area contributed by atoms with Crippen molar-refractivity contribution in [2.24, 2.45) is 5.41 Å². The van der Waals surface area contributed by atoms with Crippen molar-refractivity contribution in [2.45, 2.75) is 37.5 Å². The summed E-state index contributed by atoms with van der Waals surface area (Å²) < 4.78 is 27.9. The summed E-state index contributed by atoms with van der Waals surface area (Å²) in [5.74, 6) is 0.397. The van der Waals surface area contributed by atoms with Crippen LogP contribution in [0.15, 0.2) is 53.7 Å². The van der Waals surface area contributed by atoms with Gasteiger partial charge in [-0.1, -0.05) is 26.0 Å². The first-order chi connectivity index (χ1) is 12.9. The third-order valence-electron chi connectivity index (χ3n) is 6.04. The summed E-state index contributed by atoms with van der Waals surface area (Å²) in [5.41, 5.74) is 2.34. The summed E-state index contributed by atoms with van der Waals surface area (Å²) in [7, 11) is -3.42. The van der Waals surface area contributed by atoms with E-state index < -0.39 is 10.0 Å². The fourth-order valence-corrected chi connectivity index (χ4v) is 5.86. The predicted octanol–water partition coefficient (Wildman–Crippen LogP) is 3.50. The Morgan fingerprint density at radius 2 is 1.78 bits per heavy atom. The van der Waals surface area contributed by atoms with Gasteiger partial charge in [0.1, 0.15) is 0 Å². The van der Waals surface area contributed by atoms with Crippen molar-refractivity contribution in [1.29, 1.82) is 0 Å². The van der Waals surface area contributed by atoms with Crippen LogP contribution in [0.5, 0.6) is 0 Å². The maximum atomic E-state index is 13.1. The minimum atomic E-state index is -3.42. The third kappa shape index (κ3) is 3.48. The zero-order valence-electron chi connectivity index (χ0n) is 16.0. The lowest BCUT2D eigenvalue weighted by Crippen LogP contribution is -2.34. The highest BCUT2D eigenvalue weighted by molar-refractivity contribution is 7.89. The highest BCUT2D eigenvalue weighted by atomic mass is 32.2. The molecule has 2 aliphatic heterocycles. The van der Waals surface area contributed by atoms with Crippen LogP contribution < -0.4 is 4.90 Å². The number of hydrogen-bond acceptors (Lipinski definition) is 4. The van der Waals surface area contributed by atoms with Gasteiger partial charge in [0.25, 0.3) is 0 Å². The zero-order valence-corrected chi connectivity index (χ0v) is 16.8. The van der Waals surface area contributed by atoms with Crippen LogP contribution in [0.25, 0.3) is 0 Å². The fraction of sp³-hybridized carbons (Fsp3) is 0.476. The predicted molar refractivity (Wildman–Crippen MR) is 107 cm³/mol. The molecule has 27 heavy (non-hydrogen) atoms. The van der Waals surface area contributed by atoms with Crippen molar-refractivity contribution < 1.29 is 8.42 Å². The average molecular weight is 386 g/mol. The van der Waals surface area contributed by atoms with E-state index in [0.717, 1.165) is 37.2 Å². The monoisotopic (exact) mass is 385 g/mol. The molecule has 0 amide bonds. The molecule has 4 rings (SSSR count). The van der Waals surface area contributed by atoms with Gasteiger partial charge in [-0.3, -0.25) is 4.98 Å². The molecule has 0 N–H and O–H groups in total. The number of anilines is 1. The molecular weight excluding hydrogens is 358 g/mol. The van der Waals surface area contributed by atoms with Crippen LogP contribution in [-0.2, 0) is 10.0 Å². The Kier molecular flexibility index (Phi) is 4.72. The Morgan fingerprint density at radius 1 is 1.04 bits per heavy atom. The smallest absolute Gasteiger partial charge is 0.243 e. The van der Waals surface area contributed by atoms with Crippen LogP contribution >= 0.6 is 0 Å². The molecule has 5 nitrogen and oxygen atoms in total. The molecule has 144 valence electrons. The first kappa shape index (κ1) is 18.4. The van der Waals surface area contributed by atoms with Crippen LogP contribution in [0, 0.1) is 5.41 Å². The molecule has 6 heteroatoms. The van der Waals surface area contributed by atoms with Gasteiger partial charge in [-0.25, -0.2) is 8.42 Å². The number of benzene rings is 1. The molecule has 2 aromatic rings. The van der Waals surface area contributed by atoms with Crippen molar-refractivity contribution in [3.05, 3.63) is 54.4 Å². The van der Waals surface area contributed by atoms with E-state index in [9.17, 15) is 8.42 Å². The Bertz CT molecular complexity index is 897. The van der Waals surface area contributed by atoms with Crippen molar-refractivity contribution in [3.8, 4) is 0 Å². The van der Waals surface area contributed by atoms with Crippen molar-refractivity contribution in [2.75, 3.05) is 31.1 Å². The second kappa shape index (κ2) is 6.91. The van der Waals surface area contributed by atoms with Crippen LogP contribution in [-0.4, -0.2) is 43.9 Å². The van der Waals surface area contributed by atoms with E-state index in [0.29, 0.717) is 23.9 Å². The number of rotatable bonds is 4. The van der Waals surface area contributed by atoms with Crippen molar-refractivity contribution in [1.82, 2.24) is 9.29 Å². The Hall–Kier alpha value is -1.92. The second-order valence-corrected chi connectivity index (χ2v) is 10.1. The fourth-order valence-electron chi connectivity index (χ4n) is 4.30.